The molecule has 0 saturated heterocycles. The Balaban J connectivity index is 1.87. The highest BCUT2D eigenvalue weighted by atomic mass is 35.5. The van der Waals surface area contributed by atoms with E-state index >= 15 is 0 Å². The second-order valence-corrected chi connectivity index (χ2v) is 7.48. The first kappa shape index (κ1) is 15.1. The maximum Gasteiger partial charge on any atom is 0.0963 e. The molecule has 19 heavy (non-hydrogen) atoms. The molecule has 0 amide bonds. The van der Waals surface area contributed by atoms with Crippen molar-refractivity contribution in [3.05, 3.63) is 23.4 Å². The number of hydrogen-bond donors (Lipinski definition) is 2. The van der Waals surface area contributed by atoms with Crippen LogP contribution in [0.15, 0.2) is 23.4 Å². The van der Waals surface area contributed by atoms with Crippen molar-refractivity contribution in [2.24, 2.45) is 0 Å². The minimum Gasteiger partial charge on any atom is -0.394 e. The van der Waals surface area contributed by atoms with Gasteiger partial charge in [-0.05, 0) is 38.3 Å². The minimum absolute atomic E-state index is 0.169. The van der Waals surface area contributed by atoms with Gasteiger partial charge in [-0.2, -0.15) is 0 Å². The Bertz CT molecular complexity index is 410. The molecule has 0 radical (unpaired) electrons. The molecule has 1 saturated carbocycles. The molecule has 2 rings (SSSR count). The van der Waals surface area contributed by atoms with E-state index in [0.29, 0.717) is 16.3 Å². The molecule has 3 nitrogen and oxygen atoms in total. The van der Waals surface area contributed by atoms with Crippen molar-refractivity contribution in [1.82, 2.24) is 10.3 Å². The lowest BCUT2D eigenvalue weighted by Crippen LogP contribution is -2.48. The SMILES string of the molecule is CC(CC(C)(CO)NC1CC1)Sc1ccc(Cl)cn1. The van der Waals surface area contributed by atoms with Gasteiger partial charge in [0.15, 0.2) is 0 Å². The molecule has 1 aliphatic rings. The summed E-state index contributed by atoms with van der Waals surface area (Å²) >= 11 is 7.55. The van der Waals surface area contributed by atoms with Gasteiger partial charge in [0, 0.05) is 23.0 Å². The summed E-state index contributed by atoms with van der Waals surface area (Å²) in [5.41, 5.74) is -0.194. The molecular weight excluding hydrogens is 280 g/mol. The van der Waals surface area contributed by atoms with Gasteiger partial charge >= 0.3 is 0 Å². The fourth-order valence-corrected chi connectivity index (χ4v) is 3.44. The van der Waals surface area contributed by atoms with Crippen molar-refractivity contribution < 1.29 is 5.11 Å². The standard InChI is InChI=1S/C14H21ClN2OS/c1-10(19-13-6-3-11(15)8-16-13)7-14(2,9-18)17-12-4-5-12/h3,6,8,10,12,17-18H,4-5,7,9H2,1-2H3. The summed E-state index contributed by atoms with van der Waals surface area (Å²) in [5, 5.41) is 15.2. The minimum atomic E-state index is -0.194. The third-order valence-electron chi connectivity index (χ3n) is 3.24. The Kier molecular flexibility index (Phi) is 5.12. The molecule has 1 fully saturated rings. The molecule has 5 heteroatoms. The lowest BCUT2D eigenvalue weighted by Gasteiger charge is -2.31. The summed E-state index contributed by atoms with van der Waals surface area (Å²) in [6.45, 7) is 4.43. The van der Waals surface area contributed by atoms with Crippen LogP contribution in [0.25, 0.3) is 0 Å². The monoisotopic (exact) mass is 300 g/mol. The molecule has 1 aromatic rings. The molecule has 0 spiro atoms. The quantitative estimate of drug-likeness (QED) is 0.760. The van der Waals surface area contributed by atoms with Crippen LogP contribution in [0.3, 0.4) is 0 Å². The number of rotatable bonds is 7. The summed E-state index contributed by atoms with van der Waals surface area (Å²) in [5.74, 6) is 0. The Morgan fingerprint density at radius 2 is 2.32 bits per heavy atom. The number of aliphatic hydroxyl groups excluding tert-OH is 1. The Hall–Kier alpha value is -0.290. The lowest BCUT2D eigenvalue weighted by atomic mass is 9.97. The number of aromatic nitrogens is 1. The normalized spacial score (nSPS) is 20.0. The second-order valence-electron chi connectivity index (χ2n) is 5.58. The van der Waals surface area contributed by atoms with E-state index in [2.05, 4.69) is 24.1 Å². The van der Waals surface area contributed by atoms with Crippen molar-refractivity contribution in [1.29, 1.82) is 0 Å². The molecule has 2 N–H and O–H groups in total. The first-order valence-corrected chi connectivity index (χ1v) is 7.93. The van der Waals surface area contributed by atoms with Crippen LogP contribution in [-0.4, -0.2) is 33.5 Å². The molecule has 0 bridgehead atoms. The number of halogens is 1. The fourth-order valence-electron chi connectivity index (χ4n) is 2.20. The fraction of sp³-hybridized carbons (Fsp3) is 0.643. The van der Waals surface area contributed by atoms with E-state index in [1.54, 1.807) is 18.0 Å². The predicted molar refractivity (Wildman–Crippen MR) is 80.8 cm³/mol. The zero-order valence-electron chi connectivity index (χ0n) is 11.4. The summed E-state index contributed by atoms with van der Waals surface area (Å²) < 4.78 is 0. The Morgan fingerprint density at radius 1 is 1.58 bits per heavy atom. The first-order valence-electron chi connectivity index (χ1n) is 6.67. The van der Waals surface area contributed by atoms with E-state index in [1.165, 1.54) is 12.8 Å². The summed E-state index contributed by atoms with van der Waals surface area (Å²) in [4.78, 5) is 4.30. The number of nitrogens with zero attached hydrogens (tertiary/aromatic N) is 1. The van der Waals surface area contributed by atoms with Crippen molar-refractivity contribution in [3.8, 4) is 0 Å². The molecule has 1 aromatic heterocycles. The maximum atomic E-state index is 9.61. The molecule has 1 aliphatic carbocycles. The van der Waals surface area contributed by atoms with Gasteiger partial charge in [0.25, 0.3) is 0 Å². The van der Waals surface area contributed by atoms with Crippen molar-refractivity contribution in [3.63, 3.8) is 0 Å². The number of aliphatic hydroxyl groups is 1. The molecule has 1 heterocycles. The van der Waals surface area contributed by atoms with Gasteiger partial charge in [-0.3, -0.25) is 0 Å². The van der Waals surface area contributed by atoms with Crippen LogP contribution in [0.2, 0.25) is 5.02 Å². The number of thioether (sulfide) groups is 1. The number of pyridine rings is 1. The van der Waals surface area contributed by atoms with Crippen LogP contribution in [0.1, 0.15) is 33.1 Å². The highest BCUT2D eigenvalue weighted by Crippen LogP contribution is 2.30. The van der Waals surface area contributed by atoms with Gasteiger partial charge in [-0.25, -0.2) is 4.98 Å². The van der Waals surface area contributed by atoms with Crippen LogP contribution < -0.4 is 5.32 Å². The van der Waals surface area contributed by atoms with E-state index in [-0.39, 0.29) is 12.1 Å². The zero-order chi connectivity index (χ0) is 13.9. The van der Waals surface area contributed by atoms with Crippen LogP contribution in [0, 0.1) is 0 Å². The summed E-state index contributed by atoms with van der Waals surface area (Å²) in [6.07, 6.45) is 5.05. The zero-order valence-corrected chi connectivity index (χ0v) is 13.0. The average Bonchev–Trinajstić information content (AvgIpc) is 3.15. The van der Waals surface area contributed by atoms with Crippen LogP contribution in [0.5, 0.6) is 0 Å². The van der Waals surface area contributed by atoms with E-state index in [1.807, 2.05) is 12.1 Å². The van der Waals surface area contributed by atoms with Crippen molar-refractivity contribution in [2.45, 2.75) is 55.0 Å². The first-order chi connectivity index (χ1) is 9.00. The number of hydrogen-bond acceptors (Lipinski definition) is 4. The van der Waals surface area contributed by atoms with Gasteiger partial charge in [-0.15, -0.1) is 11.8 Å². The topological polar surface area (TPSA) is 45.1 Å². The molecule has 0 aromatic carbocycles. The third-order valence-corrected chi connectivity index (χ3v) is 4.51. The molecule has 0 aliphatic heterocycles. The molecule has 106 valence electrons. The van der Waals surface area contributed by atoms with E-state index in [9.17, 15) is 5.11 Å². The Morgan fingerprint density at radius 3 is 2.84 bits per heavy atom. The van der Waals surface area contributed by atoms with E-state index in [4.69, 9.17) is 11.6 Å². The summed E-state index contributed by atoms with van der Waals surface area (Å²) in [7, 11) is 0. The van der Waals surface area contributed by atoms with E-state index < -0.39 is 0 Å². The Labute approximate surface area is 124 Å². The number of nitrogens with one attached hydrogen (secondary N) is 1. The van der Waals surface area contributed by atoms with Gasteiger partial charge in [-0.1, -0.05) is 18.5 Å². The van der Waals surface area contributed by atoms with Crippen LogP contribution in [0.4, 0.5) is 0 Å². The highest BCUT2D eigenvalue weighted by Gasteiger charge is 2.33. The highest BCUT2D eigenvalue weighted by molar-refractivity contribution is 7.99. The predicted octanol–water partition coefficient (Wildman–Crippen LogP) is 3.11. The van der Waals surface area contributed by atoms with Crippen LogP contribution >= 0.6 is 23.4 Å². The average molecular weight is 301 g/mol. The molecule has 2 unspecified atom stereocenters. The molecular formula is C14H21ClN2OS. The largest absolute Gasteiger partial charge is 0.394 e. The smallest absolute Gasteiger partial charge is 0.0963 e. The third kappa shape index (κ3) is 4.95. The maximum absolute atomic E-state index is 9.61. The van der Waals surface area contributed by atoms with Gasteiger partial charge in [0.05, 0.1) is 16.7 Å². The van der Waals surface area contributed by atoms with Crippen molar-refractivity contribution >= 4 is 23.4 Å². The summed E-state index contributed by atoms with van der Waals surface area (Å²) in [6, 6.07) is 4.40. The van der Waals surface area contributed by atoms with Gasteiger partial charge in [0.1, 0.15) is 0 Å². The van der Waals surface area contributed by atoms with Crippen LogP contribution in [-0.2, 0) is 0 Å². The molecule has 2 atom stereocenters. The van der Waals surface area contributed by atoms with Crippen molar-refractivity contribution in [2.75, 3.05) is 6.61 Å². The second kappa shape index (κ2) is 6.44. The lowest BCUT2D eigenvalue weighted by molar-refractivity contribution is 0.164. The van der Waals surface area contributed by atoms with Gasteiger partial charge in [0.2, 0.25) is 0 Å². The van der Waals surface area contributed by atoms with Gasteiger partial charge < -0.3 is 10.4 Å². The van der Waals surface area contributed by atoms with E-state index in [0.717, 1.165) is 11.4 Å².